The monoisotopic (exact) mass is 339 g/mol. The van der Waals surface area contributed by atoms with Crippen LogP contribution in [0.5, 0.6) is 0 Å². The molecule has 1 aromatic carbocycles. The zero-order valence-electron chi connectivity index (χ0n) is 13.3. The van der Waals surface area contributed by atoms with Crippen LogP contribution in [0.4, 0.5) is 11.4 Å². The Balaban J connectivity index is 3.14. The lowest BCUT2D eigenvalue weighted by atomic mass is 10.0. The average Bonchev–Trinajstić information content (AvgIpc) is 2.52. The number of hydrogen-bond donors (Lipinski definition) is 1. The number of carbonyl (C=O) groups excluding carboxylic acids is 2. The summed E-state index contributed by atoms with van der Waals surface area (Å²) in [4.78, 5) is 44.0. The third-order valence-corrected chi connectivity index (χ3v) is 3.08. The number of ether oxygens (including phenoxy) is 1. The molecule has 1 amide bonds. The highest BCUT2D eigenvalue weighted by Gasteiger charge is 2.25. The molecular weight excluding hydrogens is 322 g/mol. The maximum Gasteiger partial charge on any atom is 0.328 e. The van der Waals surface area contributed by atoms with Gasteiger partial charge in [0.15, 0.2) is 0 Å². The molecule has 1 aromatic rings. The molecule has 130 valence electrons. The Bertz CT molecular complexity index is 640. The second kappa shape index (κ2) is 7.99. The highest BCUT2D eigenvalue weighted by molar-refractivity contribution is 5.97. The van der Waals surface area contributed by atoms with Gasteiger partial charge in [0.25, 0.3) is 17.3 Å². The Morgan fingerprint density at radius 3 is 2.00 bits per heavy atom. The van der Waals surface area contributed by atoms with E-state index in [1.165, 1.54) is 7.11 Å². The van der Waals surface area contributed by atoms with Gasteiger partial charge in [-0.25, -0.2) is 4.79 Å². The summed E-state index contributed by atoms with van der Waals surface area (Å²) in [5, 5.41) is 24.1. The number of rotatable bonds is 7. The number of esters is 1. The summed E-state index contributed by atoms with van der Waals surface area (Å²) < 4.78 is 4.60. The molecule has 0 aromatic heterocycles. The number of benzene rings is 1. The molecule has 0 fully saturated rings. The first-order chi connectivity index (χ1) is 11.1. The van der Waals surface area contributed by atoms with E-state index < -0.39 is 39.1 Å². The van der Waals surface area contributed by atoms with Crippen molar-refractivity contribution < 1.29 is 24.2 Å². The minimum atomic E-state index is -0.958. The summed E-state index contributed by atoms with van der Waals surface area (Å²) in [6.07, 6.45) is 0.287. The number of nitrogens with one attached hydrogen (secondary N) is 1. The van der Waals surface area contributed by atoms with E-state index in [1.807, 2.05) is 13.8 Å². The first kappa shape index (κ1) is 19.0. The van der Waals surface area contributed by atoms with Gasteiger partial charge in [-0.2, -0.15) is 0 Å². The lowest BCUT2D eigenvalue weighted by Gasteiger charge is -2.18. The molecule has 1 rings (SSSR count). The van der Waals surface area contributed by atoms with Gasteiger partial charge >= 0.3 is 5.97 Å². The van der Waals surface area contributed by atoms with Crippen molar-refractivity contribution >= 4 is 23.3 Å². The maximum atomic E-state index is 12.2. The fourth-order valence-corrected chi connectivity index (χ4v) is 2.01. The summed E-state index contributed by atoms with van der Waals surface area (Å²) in [6, 6.07) is 1.61. The number of amides is 1. The second-order valence-corrected chi connectivity index (χ2v) is 5.43. The molecule has 0 saturated carbocycles. The molecule has 1 N–H and O–H groups in total. The van der Waals surface area contributed by atoms with Crippen molar-refractivity contribution in [3.8, 4) is 0 Å². The first-order valence-corrected chi connectivity index (χ1v) is 6.98. The van der Waals surface area contributed by atoms with E-state index in [0.29, 0.717) is 0 Å². The van der Waals surface area contributed by atoms with E-state index in [2.05, 4.69) is 10.1 Å². The largest absolute Gasteiger partial charge is 0.467 e. The highest BCUT2D eigenvalue weighted by Crippen LogP contribution is 2.23. The van der Waals surface area contributed by atoms with E-state index in [-0.39, 0.29) is 17.9 Å². The molecule has 10 heteroatoms. The zero-order valence-corrected chi connectivity index (χ0v) is 13.3. The van der Waals surface area contributed by atoms with Crippen molar-refractivity contribution in [1.29, 1.82) is 0 Å². The van der Waals surface area contributed by atoms with Gasteiger partial charge in [-0.15, -0.1) is 0 Å². The fourth-order valence-electron chi connectivity index (χ4n) is 2.01. The Morgan fingerprint density at radius 2 is 1.62 bits per heavy atom. The SMILES string of the molecule is COC(=O)[C@H](CC(C)C)NC(=O)c1cc([N+](=O)[O-])cc([N+](=O)[O-])c1. The standard InChI is InChI=1S/C14H17N3O7/c1-8(2)4-12(14(19)24-3)15-13(18)9-5-10(16(20)21)7-11(6-9)17(22)23/h5-8,12H,4H2,1-3H3,(H,15,18)/t12-/m0/s1. The van der Waals surface area contributed by atoms with Crippen molar-refractivity contribution in [2.24, 2.45) is 5.92 Å². The summed E-state index contributed by atoms with van der Waals surface area (Å²) in [6.45, 7) is 3.67. The molecule has 24 heavy (non-hydrogen) atoms. The molecule has 0 spiro atoms. The Labute approximate surface area is 137 Å². The van der Waals surface area contributed by atoms with E-state index in [4.69, 9.17) is 0 Å². The molecular formula is C14H17N3O7. The van der Waals surface area contributed by atoms with Crippen LogP contribution in [0.15, 0.2) is 18.2 Å². The molecule has 0 aliphatic carbocycles. The normalized spacial score (nSPS) is 11.7. The van der Waals surface area contributed by atoms with Crippen LogP contribution in [-0.4, -0.2) is 34.9 Å². The van der Waals surface area contributed by atoms with Gasteiger partial charge < -0.3 is 10.1 Å². The highest BCUT2D eigenvalue weighted by atomic mass is 16.6. The molecule has 0 aliphatic rings. The van der Waals surface area contributed by atoms with Crippen molar-refractivity contribution in [2.75, 3.05) is 7.11 Å². The smallest absolute Gasteiger partial charge is 0.328 e. The molecule has 0 radical (unpaired) electrons. The van der Waals surface area contributed by atoms with Crippen molar-refractivity contribution in [3.63, 3.8) is 0 Å². The van der Waals surface area contributed by atoms with Crippen molar-refractivity contribution in [3.05, 3.63) is 44.0 Å². The average molecular weight is 339 g/mol. The lowest BCUT2D eigenvalue weighted by Crippen LogP contribution is -2.42. The predicted octanol–water partition coefficient (Wildman–Crippen LogP) is 1.82. The van der Waals surface area contributed by atoms with Crippen LogP contribution in [0, 0.1) is 26.1 Å². The third kappa shape index (κ3) is 5.00. The molecule has 10 nitrogen and oxygen atoms in total. The lowest BCUT2D eigenvalue weighted by molar-refractivity contribution is -0.394. The number of methoxy groups -OCH3 is 1. The van der Waals surface area contributed by atoms with Crippen LogP contribution < -0.4 is 5.32 Å². The van der Waals surface area contributed by atoms with Gasteiger partial charge in [-0.3, -0.25) is 25.0 Å². The Morgan fingerprint density at radius 1 is 1.12 bits per heavy atom. The topological polar surface area (TPSA) is 142 Å². The van der Waals surface area contributed by atoms with Gasteiger partial charge in [0.2, 0.25) is 0 Å². The minimum Gasteiger partial charge on any atom is -0.467 e. The van der Waals surface area contributed by atoms with Crippen LogP contribution in [0.3, 0.4) is 0 Å². The van der Waals surface area contributed by atoms with E-state index >= 15 is 0 Å². The Hall–Kier alpha value is -3.04. The number of carbonyl (C=O) groups is 2. The van der Waals surface area contributed by atoms with Crippen LogP contribution in [0.1, 0.15) is 30.6 Å². The van der Waals surface area contributed by atoms with E-state index in [0.717, 1.165) is 18.2 Å². The summed E-state index contributed by atoms with van der Waals surface area (Å²) in [5.74, 6) is -1.44. The van der Waals surface area contributed by atoms with Gasteiger partial charge in [0.05, 0.1) is 28.6 Å². The van der Waals surface area contributed by atoms with E-state index in [9.17, 15) is 29.8 Å². The van der Waals surface area contributed by atoms with Gasteiger partial charge in [-0.1, -0.05) is 13.8 Å². The zero-order chi connectivity index (χ0) is 18.4. The van der Waals surface area contributed by atoms with Gasteiger partial charge in [-0.05, 0) is 12.3 Å². The predicted molar refractivity (Wildman–Crippen MR) is 82.5 cm³/mol. The maximum absolute atomic E-state index is 12.2. The van der Waals surface area contributed by atoms with Crippen LogP contribution in [-0.2, 0) is 9.53 Å². The first-order valence-electron chi connectivity index (χ1n) is 6.98. The van der Waals surface area contributed by atoms with Crippen LogP contribution in [0.2, 0.25) is 0 Å². The molecule has 0 unspecified atom stereocenters. The number of nitro benzene ring substituents is 2. The number of hydrogen-bond acceptors (Lipinski definition) is 7. The van der Waals surface area contributed by atoms with E-state index in [1.54, 1.807) is 0 Å². The molecule has 0 saturated heterocycles. The number of non-ortho nitro benzene ring substituents is 2. The second-order valence-electron chi connectivity index (χ2n) is 5.43. The van der Waals surface area contributed by atoms with Crippen molar-refractivity contribution in [1.82, 2.24) is 5.32 Å². The van der Waals surface area contributed by atoms with Crippen LogP contribution in [0.25, 0.3) is 0 Å². The quantitative estimate of drug-likeness (QED) is 0.453. The van der Waals surface area contributed by atoms with Crippen molar-refractivity contribution in [2.45, 2.75) is 26.3 Å². The number of nitro groups is 2. The fraction of sp³-hybridized carbons (Fsp3) is 0.429. The third-order valence-electron chi connectivity index (χ3n) is 3.08. The van der Waals surface area contributed by atoms with Gasteiger partial charge in [0, 0.05) is 12.1 Å². The van der Waals surface area contributed by atoms with Gasteiger partial charge in [0.1, 0.15) is 6.04 Å². The summed E-state index contributed by atoms with van der Waals surface area (Å²) in [7, 11) is 1.17. The molecule has 0 aliphatic heterocycles. The summed E-state index contributed by atoms with van der Waals surface area (Å²) in [5.41, 5.74) is -1.46. The molecule has 1 atom stereocenters. The minimum absolute atomic E-state index is 0.0637. The van der Waals surface area contributed by atoms with Crippen LogP contribution >= 0.6 is 0 Å². The molecule has 0 bridgehead atoms. The number of nitrogens with zero attached hydrogens (tertiary/aromatic N) is 2. The summed E-state index contributed by atoms with van der Waals surface area (Å²) >= 11 is 0. The molecule has 0 heterocycles. The Kier molecular flexibility index (Phi) is 6.33.